The minimum absolute atomic E-state index is 0.438. The lowest BCUT2D eigenvalue weighted by Crippen LogP contribution is -2.23. The molecule has 0 aliphatic heterocycles. The zero-order chi connectivity index (χ0) is 6.41. The third-order valence-electron chi connectivity index (χ3n) is 0.685. The Morgan fingerprint density at radius 3 is 1.75 bits per heavy atom. The van der Waals surface area contributed by atoms with E-state index in [1.54, 1.807) is 0 Å². The van der Waals surface area contributed by atoms with Gasteiger partial charge in [0.1, 0.15) is 0 Å². The molecule has 0 saturated carbocycles. The molecule has 0 heterocycles. The number of hydroxylamine groups is 2. The zero-order valence-corrected chi connectivity index (χ0v) is 5.99. The molecule has 0 radical (unpaired) electrons. The van der Waals surface area contributed by atoms with Crippen LogP contribution < -0.4 is 0 Å². The first-order chi connectivity index (χ1) is 3.81. The first-order valence-corrected chi connectivity index (χ1v) is 3.44. The van der Waals surface area contributed by atoms with Crippen molar-refractivity contribution in [3.63, 3.8) is 0 Å². The van der Waals surface area contributed by atoms with E-state index in [0.717, 1.165) is 5.06 Å². The van der Waals surface area contributed by atoms with Crippen LogP contribution in [0, 0.1) is 0 Å². The van der Waals surface area contributed by atoms with E-state index < -0.39 is 0 Å². The second-order valence-corrected chi connectivity index (χ2v) is 2.09. The number of hydrogen-bond acceptors (Lipinski definition) is 2. The number of hydrogen-bond donors (Lipinski definition) is 1. The summed E-state index contributed by atoms with van der Waals surface area (Å²) in [5, 5.41) is 9.81. The monoisotopic (exact) mass is 157 g/mol. The van der Waals surface area contributed by atoms with Crippen molar-refractivity contribution < 1.29 is 5.21 Å². The molecule has 1 N–H and O–H groups in total. The van der Waals surface area contributed by atoms with E-state index in [1.165, 1.54) is 0 Å². The van der Waals surface area contributed by atoms with Gasteiger partial charge in [-0.15, -0.1) is 23.2 Å². The third-order valence-corrected chi connectivity index (χ3v) is 1.02. The van der Waals surface area contributed by atoms with Crippen molar-refractivity contribution in [1.82, 2.24) is 5.06 Å². The lowest BCUT2D eigenvalue weighted by atomic mass is 10.6. The maximum absolute atomic E-state index is 8.71. The van der Waals surface area contributed by atoms with Crippen LogP contribution in [0.5, 0.6) is 0 Å². The van der Waals surface area contributed by atoms with Crippen LogP contribution in [0.2, 0.25) is 0 Å². The molecule has 4 heteroatoms. The van der Waals surface area contributed by atoms with Gasteiger partial charge < -0.3 is 5.21 Å². The summed E-state index contributed by atoms with van der Waals surface area (Å²) in [5.74, 6) is 0.876. The summed E-state index contributed by atoms with van der Waals surface area (Å²) in [6.07, 6.45) is 0. The molecule has 0 aromatic rings. The van der Waals surface area contributed by atoms with Crippen molar-refractivity contribution in [2.75, 3.05) is 24.8 Å². The Balaban J connectivity index is 2.92. The lowest BCUT2D eigenvalue weighted by Gasteiger charge is -2.08. The number of alkyl halides is 2. The van der Waals surface area contributed by atoms with E-state index in [1.807, 2.05) is 0 Å². The summed E-state index contributed by atoms with van der Waals surface area (Å²) in [6.45, 7) is 0.961. The van der Waals surface area contributed by atoms with Gasteiger partial charge in [-0.2, -0.15) is 5.06 Å². The summed E-state index contributed by atoms with van der Waals surface area (Å²) in [4.78, 5) is 0. The maximum atomic E-state index is 8.71. The second kappa shape index (κ2) is 5.63. The Bertz CT molecular complexity index is 47.3. The summed E-state index contributed by atoms with van der Waals surface area (Å²) in [5.41, 5.74) is 0. The molecule has 0 spiro atoms. The SMILES string of the molecule is ON(CCCl)CCCl. The van der Waals surface area contributed by atoms with Crippen LogP contribution in [0.4, 0.5) is 0 Å². The van der Waals surface area contributed by atoms with Gasteiger partial charge in [0, 0.05) is 24.8 Å². The molecule has 0 aromatic heterocycles. The fraction of sp³-hybridized carbons (Fsp3) is 1.00. The number of rotatable bonds is 4. The topological polar surface area (TPSA) is 23.5 Å². The number of halogens is 2. The van der Waals surface area contributed by atoms with Gasteiger partial charge >= 0.3 is 0 Å². The summed E-state index contributed by atoms with van der Waals surface area (Å²) >= 11 is 10.6. The zero-order valence-electron chi connectivity index (χ0n) is 4.48. The van der Waals surface area contributed by atoms with E-state index in [0.29, 0.717) is 24.8 Å². The maximum Gasteiger partial charge on any atom is 0.0374 e. The molecule has 0 atom stereocenters. The van der Waals surface area contributed by atoms with Gasteiger partial charge in [0.2, 0.25) is 0 Å². The molecule has 0 aliphatic rings. The predicted molar refractivity (Wildman–Crippen MR) is 34.8 cm³/mol. The quantitative estimate of drug-likeness (QED) is 0.490. The van der Waals surface area contributed by atoms with Crippen LogP contribution in [0.15, 0.2) is 0 Å². The van der Waals surface area contributed by atoms with Crippen LogP contribution in [0.1, 0.15) is 0 Å². The van der Waals surface area contributed by atoms with Crippen LogP contribution in [0.25, 0.3) is 0 Å². The Kier molecular flexibility index (Phi) is 5.99. The summed E-state index contributed by atoms with van der Waals surface area (Å²) < 4.78 is 0. The Morgan fingerprint density at radius 1 is 1.12 bits per heavy atom. The average molecular weight is 158 g/mol. The van der Waals surface area contributed by atoms with Gasteiger partial charge in [-0.25, -0.2) is 0 Å². The first-order valence-electron chi connectivity index (χ1n) is 2.37. The standard InChI is InChI=1S/C4H9Cl2NO/c5-1-3-7(8)4-2-6/h8H,1-4H2. The van der Waals surface area contributed by atoms with Crippen molar-refractivity contribution in [3.8, 4) is 0 Å². The molecule has 0 aliphatic carbocycles. The molecular formula is C4H9Cl2NO. The fourth-order valence-corrected chi connectivity index (χ4v) is 0.697. The second-order valence-electron chi connectivity index (χ2n) is 1.33. The largest absolute Gasteiger partial charge is 0.314 e. The van der Waals surface area contributed by atoms with Gasteiger partial charge in [0.15, 0.2) is 0 Å². The van der Waals surface area contributed by atoms with Crippen LogP contribution in [-0.4, -0.2) is 35.1 Å². The molecule has 0 bridgehead atoms. The minimum atomic E-state index is 0.438. The number of nitrogens with zero attached hydrogens (tertiary/aromatic N) is 1. The molecule has 0 amide bonds. The lowest BCUT2D eigenvalue weighted by molar-refractivity contribution is -0.0797. The Hall–Kier alpha value is 0.500. The minimum Gasteiger partial charge on any atom is -0.314 e. The van der Waals surface area contributed by atoms with Gasteiger partial charge in [-0.3, -0.25) is 0 Å². The normalized spacial score (nSPS) is 10.5. The Morgan fingerprint density at radius 2 is 1.50 bits per heavy atom. The highest BCUT2D eigenvalue weighted by atomic mass is 35.5. The summed E-state index contributed by atoms with van der Waals surface area (Å²) in [7, 11) is 0. The van der Waals surface area contributed by atoms with Crippen LogP contribution >= 0.6 is 23.2 Å². The highest BCUT2D eigenvalue weighted by Gasteiger charge is 1.94. The predicted octanol–water partition coefficient (Wildman–Crippen LogP) is 1.16. The third kappa shape index (κ3) is 4.65. The van der Waals surface area contributed by atoms with Crippen molar-refractivity contribution >= 4 is 23.2 Å². The average Bonchev–Trinajstić information content (AvgIpc) is 1.68. The van der Waals surface area contributed by atoms with E-state index in [-0.39, 0.29) is 0 Å². The van der Waals surface area contributed by atoms with Crippen LogP contribution in [0.3, 0.4) is 0 Å². The van der Waals surface area contributed by atoms with E-state index in [9.17, 15) is 0 Å². The first kappa shape index (κ1) is 8.50. The smallest absolute Gasteiger partial charge is 0.0374 e. The highest BCUT2D eigenvalue weighted by Crippen LogP contribution is 1.84. The molecular weight excluding hydrogens is 149 g/mol. The molecule has 0 fully saturated rings. The molecule has 0 saturated heterocycles. The van der Waals surface area contributed by atoms with Gasteiger partial charge in [-0.05, 0) is 0 Å². The van der Waals surface area contributed by atoms with E-state index in [4.69, 9.17) is 28.4 Å². The van der Waals surface area contributed by atoms with E-state index in [2.05, 4.69) is 0 Å². The van der Waals surface area contributed by atoms with Gasteiger partial charge in [0.25, 0.3) is 0 Å². The van der Waals surface area contributed by atoms with Crippen molar-refractivity contribution in [3.05, 3.63) is 0 Å². The van der Waals surface area contributed by atoms with Crippen molar-refractivity contribution in [1.29, 1.82) is 0 Å². The summed E-state index contributed by atoms with van der Waals surface area (Å²) in [6, 6.07) is 0. The molecule has 2 nitrogen and oxygen atoms in total. The Labute approximate surface area is 58.9 Å². The van der Waals surface area contributed by atoms with Gasteiger partial charge in [0.05, 0.1) is 0 Å². The fourth-order valence-electron chi connectivity index (χ4n) is 0.307. The molecule has 50 valence electrons. The molecule has 0 unspecified atom stereocenters. The molecule has 0 rings (SSSR count). The van der Waals surface area contributed by atoms with Crippen molar-refractivity contribution in [2.24, 2.45) is 0 Å². The van der Waals surface area contributed by atoms with Crippen LogP contribution in [-0.2, 0) is 0 Å². The highest BCUT2D eigenvalue weighted by molar-refractivity contribution is 6.18. The molecule has 0 aromatic carbocycles. The van der Waals surface area contributed by atoms with Crippen molar-refractivity contribution in [2.45, 2.75) is 0 Å². The van der Waals surface area contributed by atoms with Gasteiger partial charge in [-0.1, -0.05) is 0 Å². The van der Waals surface area contributed by atoms with E-state index >= 15 is 0 Å². The molecule has 8 heavy (non-hydrogen) atoms.